The van der Waals surface area contributed by atoms with Crippen molar-refractivity contribution in [1.29, 1.82) is 0 Å². The fraction of sp³-hybridized carbons (Fsp3) is 0.917. The average Bonchev–Trinajstić information content (AvgIpc) is 2.89. The van der Waals surface area contributed by atoms with E-state index in [4.69, 9.17) is 10.5 Å². The highest BCUT2D eigenvalue weighted by atomic mass is 16.5. The molecule has 0 bridgehead atoms. The van der Waals surface area contributed by atoms with Crippen molar-refractivity contribution in [2.45, 2.75) is 50.7 Å². The van der Waals surface area contributed by atoms with Crippen LogP contribution < -0.4 is 11.1 Å². The minimum Gasteiger partial charge on any atom is -0.377 e. The van der Waals surface area contributed by atoms with E-state index in [0.29, 0.717) is 5.92 Å². The van der Waals surface area contributed by atoms with Crippen LogP contribution in [-0.2, 0) is 9.53 Å². The zero-order chi connectivity index (χ0) is 11.6. The number of rotatable bonds is 6. The molecule has 0 aromatic carbocycles. The first kappa shape index (κ1) is 11.9. The standard InChI is InChI=1S/C12H22N2O2/c1-12(11(13)15,7-9-4-5-9)14-8-10-3-2-6-16-10/h9-10,14H,2-8H2,1H3,(H2,13,15). The van der Waals surface area contributed by atoms with E-state index in [0.717, 1.165) is 32.4 Å². The monoisotopic (exact) mass is 226 g/mol. The summed E-state index contributed by atoms with van der Waals surface area (Å²) in [5.74, 6) is 0.451. The Kier molecular flexibility index (Phi) is 3.50. The van der Waals surface area contributed by atoms with E-state index in [1.165, 1.54) is 12.8 Å². The Morgan fingerprint density at radius 1 is 1.50 bits per heavy atom. The van der Waals surface area contributed by atoms with Gasteiger partial charge in [0.2, 0.25) is 5.91 Å². The van der Waals surface area contributed by atoms with Gasteiger partial charge >= 0.3 is 0 Å². The molecule has 2 aliphatic rings. The van der Waals surface area contributed by atoms with Crippen molar-refractivity contribution in [1.82, 2.24) is 5.32 Å². The Labute approximate surface area is 96.9 Å². The van der Waals surface area contributed by atoms with E-state index in [-0.39, 0.29) is 12.0 Å². The second kappa shape index (κ2) is 4.72. The van der Waals surface area contributed by atoms with Crippen LogP contribution in [0.3, 0.4) is 0 Å². The second-order valence-corrected chi connectivity index (χ2v) is 5.36. The molecule has 3 N–H and O–H groups in total. The van der Waals surface area contributed by atoms with Gasteiger partial charge in [-0.05, 0) is 32.1 Å². The zero-order valence-corrected chi connectivity index (χ0v) is 10.00. The maximum absolute atomic E-state index is 11.5. The van der Waals surface area contributed by atoms with Crippen molar-refractivity contribution in [3.63, 3.8) is 0 Å². The molecule has 1 saturated carbocycles. The van der Waals surface area contributed by atoms with Crippen LogP contribution >= 0.6 is 0 Å². The highest BCUT2D eigenvalue weighted by Gasteiger charge is 2.38. The van der Waals surface area contributed by atoms with Gasteiger partial charge in [0.15, 0.2) is 0 Å². The maximum atomic E-state index is 11.5. The van der Waals surface area contributed by atoms with Crippen LogP contribution in [0, 0.1) is 5.92 Å². The lowest BCUT2D eigenvalue weighted by molar-refractivity contribution is -0.124. The number of ether oxygens (including phenoxy) is 1. The van der Waals surface area contributed by atoms with Crippen molar-refractivity contribution in [3.05, 3.63) is 0 Å². The number of nitrogens with two attached hydrogens (primary N) is 1. The Bertz CT molecular complexity index is 260. The van der Waals surface area contributed by atoms with Gasteiger partial charge in [-0.2, -0.15) is 0 Å². The molecular weight excluding hydrogens is 204 g/mol. The summed E-state index contributed by atoms with van der Waals surface area (Å²) in [6.45, 7) is 3.51. The molecule has 0 aromatic heterocycles. The smallest absolute Gasteiger partial charge is 0.237 e. The second-order valence-electron chi connectivity index (χ2n) is 5.36. The Hall–Kier alpha value is -0.610. The van der Waals surface area contributed by atoms with E-state index >= 15 is 0 Å². The summed E-state index contributed by atoms with van der Waals surface area (Å²) < 4.78 is 5.53. The minimum absolute atomic E-state index is 0.239. The summed E-state index contributed by atoms with van der Waals surface area (Å²) >= 11 is 0. The maximum Gasteiger partial charge on any atom is 0.237 e. The van der Waals surface area contributed by atoms with Crippen LogP contribution in [0.5, 0.6) is 0 Å². The third kappa shape index (κ3) is 2.95. The molecule has 1 heterocycles. The third-order valence-electron chi connectivity index (χ3n) is 3.68. The summed E-state index contributed by atoms with van der Waals surface area (Å²) in [7, 11) is 0. The van der Waals surface area contributed by atoms with E-state index in [1.807, 2.05) is 6.92 Å². The van der Waals surface area contributed by atoms with Gasteiger partial charge in [-0.3, -0.25) is 4.79 Å². The molecule has 16 heavy (non-hydrogen) atoms. The fourth-order valence-electron chi connectivity index (χ4n) is 2.30. The van der Waals surface area contributed by atoms with Gasteiger partial charge in [0.25, 0.3) is 0 Å². The molecule has 0 radical (unpaired) electrons. The van der Waals surface area contributed by atoms with Crippen molar-refractivity contribution in [2.75, 3.05) is 13.2 Å². The summed E-state index contributed by atoms with van der Waals surface area (Å²) in [5, 5.41) is 3.31. The molecule has 2 fully saturated rings. The van der Waals surface area contributed by atoms with Crippen molar-refractivity contribution >= 4 is 5.91 Å². The number of primary amides is 1. The first-order valence-electron chi connectivity index (χ1n) is 6.27. The lowest BCUT2D eigenvalue weighted by Gasteiger charge is -2.29. The molecular formula is C12H22N2O2. The van der Waals surface area contributed by atoms with Crippen molar-refractivity contribution < 1.29 is 9.53 Å². The molecule has 4 heteroatoms. The number of carbonyl (C=O) groups excluding carboxylic acids is 1. The summed E-state index contributed by atoms with van der Waals surface area (Å²) in [5.41, 5.74) is 4.94. The number of hydrogen-bond acceptors (Lipinski definition) is 3. The van der Waals surface area contributed by atoms with E-state index in [1.54, 1.807) is 0 Å². The van der Waals surface area contributed by atoms with E-state index in [2.05, 4.69) is 5.32 Å². The van der Waals surface area contributed by atoms with Gasteiger partial charge in [-0.1, -0.05) is 12.8 Å². The topological polar surface area (TPSA) is 64.3 Å². The first-order chi connectivity index (χ1) is 7.60. The van der Waals surface area contributed by atoms with Crippen LogP contribution in [0.2, 0.25) is 0 Å². The van der Waals surface area contributed by atoms with Gasteiger partial charge in [0.05, 0.1) is 11.6 Å². The molecule has 1 saturated heterocycles. The zero-order valence-electron chi connectivity index (χ0n) is 10.00. The Balaban J connectivity index is 1.82. The Morgan fingerprint density at radius 2 is 2.25 bits per heavy atom. The molecule has 1 aliphatic carbocycles. The number of amides is 1. The molecule has 92 valence electrons. The predicted molar refractivity (Wildman–Crippen MR) is 61.9 cm³/mol. The lowest BCUT2D eigenvalue weighted by Crippen LogP contribution is -2.55. The molecule has 2 unspecified atom stereocenters. The van der Waals surface area contributed by atoms with Gasteiger partial charge in [-0.15, -0.1) is 0 Å². The molecule has 4 nitrogen and oxygen atoms in total. The van der Waals surface area contributed by atoms with Gasteiger partial charge in [0, 0.05) is 13.2 Å². The van der Waals surface area contributed by atoms with Gasteiger partial charge in [-0.25, -0.2) is 0 Å². The van der Waals surface area contributed by atoms with E-state index < -0.39 is 5.54 Å². The van der Waals surface area contributed by atoms with Crippen molar-refractivity contribution in [2.24, 2.45) is 11.7 Å². The van der Waals surface area contributed by atoms with Crippen LogP contribution in [0.15, 0.2) is 0 Å². The quantitative estimate of drug-likeness (QED) is 0.704. The summed E-state index contributed by atoms with van der Waals surface area (Å²) in [6, 6.07) is 0. The van der Waals surface area contributed by atoms with Gasteiger partial charge in [0.1, 0.15) is 0 Å². The average molecular weight is 226 g/mol. The number of carbonyl (C=O) groups is 1. The van der Waals surface area contributed by atoms with Gasteiger partial charge < -0.3 is 15.8 Å². The highest BCUT2D eigenvalue weighted by Crippen LogP contribution is 2.36. The summed E-state index contributed by atoms with van der Waals surface area (Å²) in [6.07, 6.45) is 5.83. The predicted octanol–water partition coefficient (Wildman–Crippen LogP) is 0.799. The fourth-order valence-corrected chi connectivity index (χ4v) is 2.30. The third-order valence-corrected chi connectivity index (χ3v) is 3.68. The molecule has 0 aromatic rings. The molecule has 1 aliphatic heterocycles. The first-order valence-corrected chi connectivity index (χ1v) is 6.27. The van der Waals surface area contributed by atoms with Crippen LogP contribution in [0.25, 0.3) is 0 Å². The SMILES string of the molecule is CC(CC1CC1)(NCC1CCCO1)C(N)=O. The molecule has 2 rings (SSSR count). The molecule has 2 atom stereocenters. The highest BCUT2D eigenvalue weighted by molar-refractivity contribution is 5.84. The Morgan fingerprint density at radius 3 is 2.75 bits per heavy atom. The van der Waals surface area contributed by atoms with Crippen LogP contribution in [0.4, 0.5) is 0 Å². The molecule has 1 amide bonds. The summed E-state index contributed by atoms with van der Waals surface area (Å²) in [4.78, 5) is 11.5. The largest absolute Gasteiger partial charge is 0.377 e. The minimum atomic E-state index is -0.548. The van der Waals surface area contributed by atoms with E-state index in [9.17, 15) is 4.79 Å². The molecule has 0 spiro atoms. The number of nitrogens with one attached hydrogen (secondary N) is 1. The van der Waals surface area contributed by atoms with Crippen LogP contribution in [-0.4, -0.2) is 30.7 Å². The van der Waals surface area contributed by atoms with Crippen LogP contribution in [0.1, 0.15) is 39.0 Å². The van der Waals surface area contributed by atoms with Crippen molar-refractivity contribution in [3.8, 4) is 0 Å². The normalized spacial score (nSPS) is 28.9. The lowest BCUT2D eigenvalue weighted by atomic mass is 9.93. The number of hydrogen-bond donors (Lipinski definition) is 2.